The molecular formula is C11H23NO2. The van der Waals surface area contributed by atoms with Crippen molar-refractivity contribution in [1.82, 2.24) is 4.90 Å². The molecule has 0 radical (unpaired) electrons. The van der Waals surface area contributed by atoms with E-state index in [1.165, 1.54) is 0 Å². The molecule has 0 rings (SSSR count). The first-order valence-corrected chi connectivity index (χ1v) is 4.96. The van der Waals surface area contributed by atoms with E-state index < -0.39 is 5.60 Å². The lowest BCUT2D eigenvalue weighted by atomic mass is 9.88. The first-order valence-electron chi connectivity index (χ1n) is 4.96. The van der Waals surface area contributed by atoms with E-state index in [9.17, 15) is 9.90 Å². The van der Waals surface area contributed by atoms with Crippen molar-refractivity contribution in [2.45, 2.75) is 40.2 Å². The first kappa shape index (κ1) is 13.6. The van der Waals surface area contributed by atoms with Crippen molar-refractivity contribution < 1.29 is 9.90 Å². The smallest absolute Gasteiger partial charge is 0.136 e. The Hall–Kier alpha value is -0.410. The largest absolute Gasteiger partial charge is 0.389 e. The standard InChI is InChI=1S/C11H23NO2/c1-9(13)10(2,3)7-12(6)8-11(4,5)14/h14H,7-8H2,1-6H3. The lowest BCUT2D eigenvalue weighted by Gasteiger charge is -2.31. The van der Waals surface area contributed by atoms with Crippen LogP contribution >= 0.6 is 0 Å². The molecule has 0 aromatic rings. The molecule has 3 heteroatoms. The highest BCUT2D eigenvalue weighted by atomic mass is 16.3. The van der Waals surface area contributed by atoms with Crippen molar-refractivity contribution in [3.63, 3.8) is 0 Å². The summed E-state index contributed by atoms with van der Waals surface area (Å²) >= 11 is 0. The zero-order valence-corrected chi connectivity index (χ0v) is 10.2. The number of Topliss-reactive ketones (excluding diaryl/α,β-unsaturated/α-hetero) is 1. The minimum Gasteiger partial charge on any atom is -0.389 e. The highest BCUT2D eigenvalue weighted by molar-refractivity contribution is 5.81. The summed E-state index contributed by atoms with van der Waals surface area (Å²) in [5, 5.41) is 9.60. The molecule has 0 atom stereocenters. The molecule has 0 saturated heterocycles. The molecule has 0 heterocycles. The Morgan fingerprint density at radius 3 is 1.93 bits per heavy atom. The fourth-order valence-electron chi connectivity index (χ4n) is 1.50. The summed E-state index contributed by atoms with van der Waals surface area (Å²) in [6.07, 6.45) is 0. The van der Waals surface area contributed by atoms with Crippen LogP contribution in [0.4, 0.5) is 0 Å². The van der Waals surface area contributed by atoms with Crippen molar-refractivity contribution in [2.75, 3.05) is 20.1 Å². The van der Waals surface area contributed by atoms with Gasteiger partial charge in [-0.05, 0) is 27.8 Å². The number of nitrogens with zero attached hydrogens (tertiary/aromatic N) is 1. The van der Waals surface area contributed by atoms with Gasteiger partial charge in [0.1, 0.15) is 5.78 Å². The van der Waals surface area contributed by atoms with Gasteiger partial charge in [-0.25, -0.2) is 0 Å². The van der Waals surface area contributed by atoms with Gasteiger partial charge in [0.05, 0.1) is 5.60 Å². The normalized spacial score (nSPS) is 13.4. The van der Waals surface area contributed by atoms with E-state index in [2.05, 4.69) is 0 Å². The monoisotopic (exact) mass is 201 g/mol. The number of rotatable bonds is 5. The molecule has 0 fully saturated rings. The number of ketones is 1. The highest BCUT2D eigenvalue weighted by Crippen LogP contribution is 2.18. The van der Waals surface area contributed by atoms with Crippen molar-refractivity contribution in [2.24, 2.45) is 5.41 Å². The Bertz CT molecular complexity index is 204. The van der Waals surface area contributed by atoms with Crippen molar-refractivity contribution in [3.8, 4) is 0 Å². The number of likely N-dealkylation sites (N-methyl/N-ethyl adjacent to an activating group) is 1. The third kappa shape index (κ3) is 5.35. The zero-order chi connectivity index (χ0) is 11.6. The lowest BCUT2D eigenvalue weighted by Crippen LogP contribution is -2.42. The minimum atomic E-state index is -0.707. The van der Waals surface area contributed by atoms with Gasteiger partial charge in [-0.2, -0.15) is 0 Å². The number of carbonyl (C=O) groups excluding carboxylic acids is 1. The number of carbonyl (C=O) groups is 1. The van der Waals surface area contributed by atoms with Gasteiger partial charge < -0.3 is 10.0 Å². The summed E-state index contributed by atoms with van der Waals surface area (Å²) in [6.45, 7) is 10.2. The average molecular weight is 201 g/mol. The maximum Gasteiger partial charge on any atom is 0.136 e. The Morgan fingerprint density at radius 1 is 1.21 bits per heavy atom. The molecular weight excluding hydrogens is 178 g/mol. The van der Waals surface area contributed by atoms with E-state index >= 15 is 0 Å². The maximum absolute atomic E-state index is 11.3. The van der Waals surface area contributed by atoms with Gasteiger partial charge in [0.25, 0.3) is 0 Å². The van der Waals surface area contributed by atoms with E-state index in [1.807, 2.05) is 25.8 Å². The van der Waals surface area contributed by atoms with E-state index in [0.717, 1.165) is 0 Å². The summed E-state index contributed by atoms with van der Waals surface area (Å²) in [5.41, 5.74) is -1.04. The molecule has 1 N–H and O–H groups in total. The highest BCUT2D eigenvalue weighted by Gasteiger charge is 2.27. The summed E-state index contributed by atoms with van der Waals surface area (Å²) in [7, 11) is 1.92. The van der Waals surface area contributed by atoms with Crippen LogP contribution in [0.1, 0.15) is 34.6 Å². The molecule has 14 heavy (non-hydrogen) atoms. The summed E-state index contributed by atoms with van der Waals surface area (Å²) in [6, 6.07) is 0. The second-order valence-corrected chi connectivity index (χ2v) is 5.42. The van der Waals surface area contributed by atoms with Gasteiger partial charge in [-0.15, -0.1) is 0 Å². The fraction of sp³-hybridized carbons (Fsp3) is 0.909. The van der Waals surface area contributed by atoms with Crippen LogP contribution in [0.3, 0.4) is 0 Å². The third-order valence-corrected chi connectivity index (χ3v) is 2.28. The topological polar surface area (TPSA) is 40.5 Å². The number of hydrogen-bond acceptors (Lipinski definition) is 3. The number of hydrogen-bond donors (Lipinski definition) is 1. The first-order chi connectivity index (χ1) is 6.04. The molecule has 0 spiro atoms. The maximum atomic E-state index is 11.3. The second-order valence-electron chi connectivity index (χ2n) is 5.42. The molecule has 0 aliphatic heterocycles. The van der Waals surface area contributed by atoms with Crippen LogP contribution in [0.5, 0.6) is 0 Å². The van der Waals surface area contributed by atoms with Gasteiger partial charge in [0.2, 0.25) is 0 Å². The minimum absolute atomic E-state index is 0.181. The van der Waals surface area contributed by atoms with E-state index in [0.29, 0.717) is 13.1 Å². The van der Waals surface area contributed by atoms with Gasteiger partial charge in [0, 0.05) is 18.5 Å². The molecule has 0 unspecified atom stereocenters. The van der Waals surface area contributed by atoms with Crippen LogP contribution in [-0.4, -0.2) is 41.5 Å². The molecule has 0 aromatic carbocycles. The third-order valence-electron chi connectivity index (χ3n) is 2.28. The molecule has 0 saturated carbocycles. The van der Waals surface area contributed by atoms with E-state index in [-0.39, 0.29) is 11.2 Å². The molecule has 84 valence electrons. The Kier molecular flexibility index (Phi) is 4.28. The van der Waals surface area contributed by atoms with Gasteiger partial charge in [-0.1, -0.05) is 13.8 Å². The summed E-state index contributed by atoms with van der Waals surface area (Å²) in [5.74, 6) is 0.181. The van der Waals surface area contributed by atoms with Crippen LogP contribution in [0, 0.1) is 5.41 Å². The van der Waals surface area contributed by atoms with Crippen LogP contribution in [-0.2, 0) is 4.79 Å². The molecule has 0 amide bonds. The second kappa shape index (κ2) is 4.41. The summed E-state index contributed by atoms with van der Waals surface area (Å²) < 4.78 is 0. The van der Waals surface area contributed by atoms with Crippen LogP contribution in [0.2, 0.25) is 0 Å². The zero-order valence-electron chi connectivity index (χ0n) is 10.2. The van der Waals surface area contributed by atoms with E-state index in [4.69, 9.17) is 0 Å². The van der Waals surface area contributed by atoms with Crippen LogP contribution in [0.25, 0.3) is 0 Å². The van der Waals surface area contributed by atoms with E-state index in [1.54, 1.807) is 20.8 Å². The Balaban J connectivity index is 4.19. The quantitative estimate of drug-likeness (QED) is 0.729. The molecule has 0 aliphatic carbocycles. The molecule has 0 aromatic heterocycles. The Morgan fingerprint density at radius 2 is 1.64 bits per heavy atom. The van der Waals surface area contributed by atoms with Crippen LogP contribution < -0.4 is 0 Å². The van der Waals surface area contributed by atoms with Gasteiger partial charge in [-0.3, -0.25) is 4.79 Å². The number of aliphatic hydroxyl groups is 1. The summed E-state index contributed by atoms with van der Waals surface area (Å²) in [4.78, 5) is 13.3. The predicted octanol–water partition coefficient (Wildman–Crippen LogP) is 1.30. The van der Waals surface area contributed by atoms with Crippen molar-refractivity contribution >= 4 is 5.78 Å². The Labute approximate surface area is 87.1 Å². The molecule has 3 nitrogen and oxygen atoms in total. The average Bonchev–Trinajstić information content (AvgIpc) is 1.79. The fourth-order valence-corrected chi connectivity index (χ4v) is 1.50. The molecule has 0 aliphatic rings. The SMILES string of the molecule is CC(=O)C(C)(C)CN(C)CC(C)(C)O. The lowest BCUT2D eigenvalue weighted by molar-refractivity contribution is -0.126. The van der Waals surface area contributed by atoms with Crippen molar-refractivity contribution in [1.29, 1.82) is 0 Å². The van der Waals surface area contributed by atoms with Crippen molar-refractivity contribution in [3.05, 3.63) is 0 Å². The van der Waals surface area contributed by atoms with Gasteiger partial charge >= 0.3 is 0 Å². The van der Waals surface area contributed by atoms with Gasteiger partial charge in [0.15, 0.2) is 0 Å². The van der Waals surface area contributed by atoms with Crippen LogP contribution in [0.15, 0.2) is 0 Å². The molecule has 0 bridgehead atoms. The predicted molar refractivity (Wildman–Crippen MR) is 58.3 cm³/mol.